The third kappa shape index (κ3) is 3.46. The van der Waals surface area contributed by atoms with Crippen LogP contribution in [0.2, 0.25) is 10.0 Å². The number of hydrazine groups is 1. The monoisotopic (exact) mass is 316 g/mol. The Morgan fingerprint density at radius 2 is 1.85 bits per heavy atom. The number of halogens is 4. The van der Waals surface area contributed by atoms with Crippen molar-refractivity contribution in [1.29, 1.82) is 0 Å². The molecule has 0 aromatic heterocycles. The van der Waals surface area contributed by atoms with Crippen LogP contribution in [-0.2, 0) is 6.42 Å². The van der Waals surface area contributed by atoms with Crippen molar-refractivity contribution < 1.29 is 8.78 Å². The molecule has 2 aromatic rings. The number of benzene rings is 2. The van der Waals surface area contributed by atoms with Crippen molar-refractivity contribution in [3.8, 4) is 0 Å². The molecule has 0 spiro atoms. The van der Waals surface area contributed by atoms with Crippen LogP contribution in [0.5, 0.6) is 0 Å². The van der Waals surface area contributed by atoms with E-state index in [1.54, 1.807) is 6.07 Å². The van der Waals surface area contributed by atoms with Crippen molar-refractivity contribution in [2.75, 3.05) is 0 Å². The largest absolute Gasteiger partial charge is 0.271 e. The Morgan fingerprint density at radius 3 is 2.50 bits per heavy atom. The van der Waals surface area contributed by atoms with Gasteiger partial charge < -0.3 is 0 Å². The van der Waals surface area contributed by atoms with E-state index in [9.17, 15) is 8.78 Å². The van der Waals surface area contributed by atoms with E-state index in [1.165, 1.54) is 30.3 Å². The molecular formula is C14H12Cl2F2N2. The Kier molecular flexibility index (Phi) is 4.94. The molecular weight excluding hydrogens is 305 g/mol. The van der Waals surface area contributed by atoms with Crippen LogP contribution in [0.15, 0.2) is 36.4 Å². The molecule has 0 aliphatic rings. The van der Waals surface area contributed by atoms with Crippen LogP contribution >= 0.6 is 23.2 Å². The van der Waals surface area contributed by atoms with Gasteiger partial charge in [0, 0.05) is 15.6 Å². The third-order valence-corrected chi connectivity index (χ3v) is 3.56. The van der Waals surface area contributed by atoms with E-state index in [0.29, 0.717) is 22.6 Å². The summed E-state index contributed by atoms with van der Waals surface area (Å²) in [5.74, 6) is 4.63. The molecule has 0 saturated heterocycles. The van der Waals surface area contributed by atoms with Crippen molar-refractivity contribution in [3.63, 3.8) is 0 Å². The first-order valence-electron chi connectivity index (χ1n) is 5.86. The van der Waals surface area contributed by atoms with Crippen molar-refractivity contribution in [2.45, 2.75) is 12.5 Å². The molecule has 0 aliphatic heterocycles. The molecule has 2 aromatic carbocycles. The third-order valence-electron chi connectivity index (χ3n) is 2.97. The molecule has 106 valence electrons. The lowest BCUT2D eigenvalue weighted by Gasteiger charge is -2.18. The van der Waals surface area contributed by atoms with Crippen LogP contribution in [0.4, 0.5) is 8.78 Å². The summed E-state index contributed by atoms with van der Waals surface area (Å²) in [7, 11) is 0. The molecule has 0 fully saturated rings. The minimum Gasteiger partial charge on any atom is -0.271 e. The number of nitrogens with one attached hydrogen (secondary N) is 1. The van der Waals surface area contributed by atoms with Crippen molar-refractivity contribution in [1.82, 2.24) is 5.43 Å². The highest BCUT2D eigenvalue weighted by Crippen LogP contribution is 2.27. The summed E-state index contributed by atoms with van der Waals surface area (Å²) in [5.41, 5.74) is 3.52. The lowest BCUT2D eigenvalue weighted by molar-refractivity contribution is 0.510. The zero-order valence-corrected chi connectivity index (χ0v) is 11.8. The molecule has 2 rings (SSSR count). The summed E-state index contributed by atoms with van der Waals surface area (Å²) in [5, 5.41) is 0.680. The lowest BCUT2D eigenvalue weighted by Crippen LogP contribution is -2.30. The Labute approximate surface area is 125 Å². The van der Waals surface area contributed by atoms with E-state index in [2.05, 4.69) is 5.43 Å². The fraction of sp³-hybridized carbons (Fsp3) is 0.143. The first kappa shape index (κ1) is 15.2. The number of hydrogen-bond donors (Lipinski definition) is 2. The van der Waals surface area contributed by atoms with Crippen molar-refractivity contribution in [3.05, 3.63) is 69.2 Å². The van der Waals surface area contributed by atoms with Gasteiger partial charge in [0.05, 0.1) is 6.04 Å². The predicted molar refractivity (Wildman–Crippen MR) is 76.6 cm³/mol. The molecule has 2 nitrogen and oxygen atoms in total. The predicted octanol–water partition coefficient (Wildman–Crippen LogP) is 4.02. The normalized spacial score (nSPS) is 12.4. The SMILES string of the molecule is NNC(Cc1ccc(F)cc1Cl)c1cc(Cl)ccc1F. The van der Waals surface area contributed by atoms with Gasteiger partial charge in [-0.1, -0.05) is 29.3 Å². The highest BCUT2D eigenvalue weighted by Gasteiger charge is 2.17. The Hall–Kier alpha value is -1.20. The molecule has 0 saturated carbocycles. The van der Waals surface area contributed by atoms with Crippen molar-refractivity contribution >= 4 is 23.2 Å². The minimum absolute atomic E-state index is 0.271. The van der Waals surface area contributed by atoms with E-state index in [1.807, 2.05) is 0 Å². The number of hydrogen-bond acceptors (Lipinski definition) is 2. The van der Waals surface area contributed by atoms with Gasteiger partial charge in [0.2, 0.25) is 0 Å². The zero-order chi connectivity index (χ0) is 14.7. The van der Waals surface area contributed by atoms with Gasteiger partial charge in [-0.2, -0.15) is 0 Å². The molecule has 1 atom stereocenters. The maximum atomic E-state index is 13.8. The fourth-order valence-corrected chi connectivity index (χ4v) is 2.37. The van der Waals surface area contributed by atoms with Crippen LogP contribution in [-0.4, -0.2) is 0 Å². The van der Waals surface area contributed by atoms with Gasteiger partial charge in [-0.15, -0.1) is 0 Å². The van der Waals surface area contributed by atoms with E-state index in [-0.39, 0.29) is 5.02 Å². The van der Waals surface area contributed by atoms with Crippen LogP contribution in [0.1, 0.15) is 17.2 Å². The molecule has 0 aliphatic carbocycles. The van der Waals surface area contributed by atoms with Gasteiger partial charge in [-0.3, -0.25) is 11.3 Å². The van der Waals surface area contributed by atoms with E-state index in [0.717, 1.165) is 0 Å². The summed E-state index contributed by atoms with van der Waals surface area (Å²) in [6, 6.07) is 7.76. The first-order chi connectivity index (χ1) is 9.51. The zero-order valence-electron chi connectivity index (χ0n) is 10.3. The van der Waals surface area contributed by atoms with E-state index < -0.39 is 17.7 Å². The lowest BCUT2D eigenvalue weighted by atomic mass is 9.99. The summed E-state index contributed by atoms with van der Waals surface area (Å²) in [6.07, 6.45) is 0.312. The number of rotatable bonds is 4. The topological polar surface area (TPSA) is 38.0 Å². The van der Waals surface area contributed by atoms with Gasteiger partial charge in [0.25, 0.3) is 0 Å². The molecule has 6 heteroatoms. The molecule has 0 bridgehead atoms. The van der Waals surface area contributed by atoms with Crippen LogP contribution < -0.4 is 11.3 Å². The Balaban J connectivity index is 2.31. The first-order valence-corrected chi connectivity index (χ1v) is 6.62. The maximum absolute atomic E-state index is 13.8. The second-order valence-corrected chi connectivity index (χ2v) is 5.17. The summed E-state index contributed by atoms with van der Waals surface area (Å²) < 4.78 is 26.8. The molecule has 1 unspecified atom stereocenters. The van der Waals surface area contributed by atoms with Crippen LogP contribution in [0.3, 0.4) is 0 Å². The van der Waals surface area contributed by atoms with Gasteiger partial charge in [-0.05, 0) is 42.3 Å². The summed E-state index contributed by atoms with van der Waals surface area (Å²) in [6.45, 7) is 0. The summed E-state index contributed by atoms with van der Waals surface area (Å²) >= 11 is 11.8. The molecule has 20 heavy (non-hydrogen) atoms. The van der Waals surface area contributed by atoms with Crippen molar-refractivity contribution in [2.24, 2.45) is 5.84 Å². The smallest absolute Gasteiger partial charge is 0.128 e. The standard InChI is InChI=1S/C14H12Cl2F2N2/c15-9-2-4-13(18)11(6-9)14(20-19)5-8-1-3-10(17)7-12(8)16/h1-4,6-7,14,20H,5,19H2. The molecule has 3 N–H and O–H groups in total. The average molecular weight is 317 g/mol. The van der Waals surface area contributed by atoms with Crippen LogP contribution in [0, 0.1) is 11.6 Å². The molecule has 0 amide bonds. The number of nitrogens with two attached hydrogens (primary N) is 1. The minimum atomic E-state index is -0.517. The fourth-order valence-electron chi connectivity index (χ4n) is 1.95. The van der Waals surface area contributed by atoms with E-state index in [4.69, 9.17) is 29.0 Å². The molecule has 0 radical (unpaired) electrons. The maximum Gasteiger partial charge on any atom is 0.128 e. The van der Waals surface area contributed by atoms with Gasteiger partial charge in [0.15, 0.2) is 0 Å². The second-order valence-electron chi connectivity index (χ2n) is 4.32. The molecule has 0 heterocycles. The quantitative estimate of drug-likeness (QED) is 0.660. The average Bonchev–Trinajstić information content (AvgIpc) is 2.41. The van der Waals surface area contributed by atoms with Gasteiger partial charge >= 0.3 is 0 Å². The Morgan fingerprint density at radius 1 is 1.10 bits per heavy atom. The summed E-state index contributed by atoms with van der Waals surface area (Å²) in [4.78, 5) is 0. The van der Waals surface area contributed by atoms with Gasteiger partial charge in [-0.25, -0.2) is 8.78 Å². The highest BCUT2D eigenvalue weighted by atomic mass is 35.5. The van der Waals surface area contributed by atoms with E-state index >= 15 is 0 Å². The highest BCUT2D eigenvalue weighted by molar-refractivity contribution is 6.31. The Bertz CT molecular complexity index is 620. The van der Waals surface area contributed by atoms with Gasteiger partial charge in [0.1, 0.15) is 11.6 Å². The van der Waals surface area contributed by atoms with Crippen LogP contribution in [0.25, 0.3) is 0 Å². The second kappa shape index (κ2) is 6.50.